The summed E-state index contributed by atoms with van der Waals surface area (Å²) < 4.78 is 1.82. The summed E-state index contributed by atoms with van der Waals surface area (Å²) in [5.74, 6) is -0.519. The summed E-state index contributed by atoms with van der Waals surface area (Å²) in [6.07, 6.45) is 2.25. The lowest BCUT2D eigenvalue weighted by Gasteiger charge is -2.45. The van der Waals surface area contributed by atoms with E-state index in [9.17, 15) is 9.59 Å². The zero-order valence-corrected chi connectivity index (χ0v) is 20.8. The average molecular weight is 497 g/mol. The fraction of sp³-hybridized carbons (Fsp3) is 0.259. The number of nitrogens with zero attached hydrogens (tertiary/aromatic N) is 3. The number of carbonyl (C=O) groups excluding carboxylic acids is 2. The molecule has 2 aromatic heterocycles. The second-order valence-electron chi connectivity index (χ2n) is 10.3. The highest BCUT2D eigenvalue weighted by atomic mass is 16.2. The molecule has 4 heterocycles. The van der Waals surface area contributed by atoms with E-state index in [1.165, 1.54) is 9.80 Å². The minimum absolute atomic E-state index is 0.190. The van der Waals surface area contributed by atoms with Gasteiger partial charge in [0.2, 0.25) is 5.54 Å². The van der Waals surface area contributed by atoms with Gasteiger partial charge in [0, 0.05) is 34.4 Å². The van der Waals surface area contributed by atoms with E-state index in [4.69, 9.17) is 11.5 Å². The maximum absolute atomic E-state index is 14.6. The highest BCUT2D eigenvalue weighted by Crippen LogP contribution is 2.56. The van der Waals surface area contributed by atoms with Crippen LogP contribution in [0, 0.1) is 0 Å². The Kier molecular flexibility index (Phi) is 3.97. The number of guanidine groups is 2. The Bertz CT molecular complexity index is 1750. The lowest BCUT2D eigenvalue weighted by atomic mass is 9.59. The molecule has 7 N–H and O–H groups in total. The van der Waals surface area contributed by atoms with Gasteiger partial charge < -0.3 is 9.97 Å². The van der Waals surface area contributed by atoms with Gasteiger partial charge in [-0.15, -0.1) is 0 Å². The molecule has 186 valence electrons. The molecule has 2 aliphatic heterocycles. The molecule has 0 saturated carbocycles. The van der Waals surface area contributed by atoms with Crippen molar-refractivity contribution in [1.29, 1.82) is 0 Å². The number of para-hydroxylation sites is 2. The molecule has 3 aliphatic rings. The van der Waals surface area contributed by atoms with Gasteiger partial charge in [0.1, 0.15) is 0 Å². The van der Waals surface area contributed by atoms with Crippen LogP contribution in [0.2, 0.25) is 0 Å². The summed E-state index contributed by atoms with van der Waals surface area (Å²) in [4.78, 5) is 42.1. The van der Waals surface area contributed by atoms with Crippen molar-refractivity contribution in [2.45, 2.75) is 23.4 Å². The zero-order chi connectivity index (χ0) is 25.9. The van der Waals surface area contributed by atoms with Gasteiger partial charge in [-0.3, -0.25) is 26.0 Å². The molecule has 0 bridgehead atoms. The van der Waals surface area contributed by atoms with Crippen molar-refractivity contribution < 1.29 is 19.2 Å². The van der Waals surface area contributed by atoms with Crippen LogP contribution in [0.15, 0.2) is 54.7 Å². The second-order valence-corrected chi connectivity index (χ2v) is 10.3. The topological polar surface area (TPSA) is 141 Å². The number of carbonyl (C=O) groups is 2. The molecule has 2 aromatic carbocycles. The van der Waals surface area contributed by atoms with Gasteiger partial charge in [-0.05, 0) is 23.3 Å². The normalized spacial score (nSPS) is 27.4. The number of aromatic nitrogens is 2. The van der Waals surface area contributed by atoms with Crippen LogP contribution in [0.4, 0.5) is 0 Å². The first-order valence-corrected chi connectivity index (χ1v) is 12.2. The summed E-state index contributed by atoms with van der Waals surface area (Å²) in [6, 6.07) is 15.8. The number of nitrogens with one attached hydrogen (secondary N) is 3. The molecular formula is C27H28N8O2+2. The summed E-state index contributed by atoms with van der Waals surface area (Å²) in [6.45, 7) is 0. The van der Waals surface area contributed by atoms with Crippen LogP contribution in [0.1, 0.15) is 22.7 Å². The highest BCUT2D eigenvalue weighted by molar-refractivity contribution is 6.09. The average Bonchev–Trinajstić information content (AvgIpc) is 3.59. The quantitative estimate of drug-likeness (QED) is 0.221. The molecule has 0 unspecified atom stereocenters. The van der Waals surface area contributed by atoms with Gasteiger partial charge in [-0.1, -0.05) is 36.4 Å². The van der Waals surface area contributed by atoms with Crippen LogP contribution in [0.3, 0.4) is 0 Å². The molecule has 0 fully saturated rings. The summed E-state index contributed by atoms with van der Waals surface area (Å²) in [5, 5.41) is 1.90. The molecule has 2 spiro atoms. The van der Waals surface area contributed by atoms with Crippen molar-refractivity contribution in [3.05, 3.63) is 71.5 Å². The van der Waals surface area contributed by atoms with Crippen LogP contribution in [0.25, 0.3) is 21.8 Å². The van der Waals surface area contributed by atoms with E-state index in [0.717, 1.165) is 38.6 Å². The lowest BCUT2D eigenvalue weighted by Crippen LogP contribution is -2.92. The maximum Gasteiger partial charge on any atom is 0.354 e. The number of nitrogens with two attached hydrogens (primary N) is 2. The number of hydrogen-bond donors (Lipinski definition) is 5. The van der Waals surface area contributed by atoms with Gasteiger partial charge in [-0.2, -0.15) is 0 Å². The van der Waals surface area contributed by atoms with E-state index >= 15 is 0 Å². The Balaban J connectivity index is 1.69. The Hall–Kier alpha value is -4.60. The zero-order valence-electron chi connectivity index (χ0n) is 20.8. The van der Waals surface area contributed by atoms with Gasteiger partial charge >= 0.3 is 23.7 Å². The van der Waals surface area contributed by atoms with Crippen LogP contribution in [-0.4, -0.2) is 74.8 Å². The van der Waals surface area contributed by atoms with E-state index in [1.54, 1.807) is 14.1 Å². The molecule has 0 saturated heterocycles. The first-order chi connectivity index (χ1) is 17.7. The molecule has 10 nitrogen and oxygen atoms in total. The van der Waals surface area contributed by atoms with Crippen LogP contribution < -0.4 is 16.5 Å². The Morgan fingerprint density at radius 3 is 2.30 bits per heavy atom. The number of amides is 2. The van der Waals surface area contributed by atoms with Crippen molar-refractivity contribution in [2.75, 3.05) is 21.1 Å². The number of likely N-dealkylation sites (N-methyl/N-ethyl adjacent to an activating group) is 3. The van der Waals surface area contributed by atoms with Crippen molar-refractivity contribution in [3.8, 4) is 0 Å². The molecule has 3 atom stereocenters. The molecule has 2 amide bonds. The Morgan fingerprint density at radius 1 is 0.973 bits per heavy atom. The van der Waals surface area contributed by atoms with E-state index in [0.29, 0.717) is 12.4 Å². The first kappa shape index (κ1) is 21.7. The number of aromatic amines is 2. The van der Waals surface area contributed by atoms with Crippen molar-refractivity contribution in [3.63, 3.8) is 0 Å². The molecule has 10 heteroatoms. The molecule has 0 radical (unpaired) electrons. The van der Waals surface area contributed by atoms with Gasteiger partial charge in [0.05, 0.1) is 32.8 Å². The van der Waals surface area contributed by atoms with Crippen LogP contribution >= 0.6 is 0 Å². The van der Waals surface area contributed by atoms with Crippen molar-refractivity contribution >= 4 is 45.5 Å². The smallest absolute Gasteiger partial charge is 0.354 e. The summed E-state index contributed by atoms with van der Waals surface area (Å²) in [5.41, 5.74) is 14.7. The van der Waals surface area contributed by atoms with E-state index in [-0.39, 0.29) is 17.8 Å². The number of H-pyrrole nitrogens is 2. The Morgan fingerprint density at radius 2 is 1.65 bits per heavy atom. The van der Waals surface area contributed by atoms with Crippen molar-refractivity contribution in [2.24, 2.45) is 11.5 Å². The fourth-order valence-corrected chi connectivity index (χ4v) is 7.00. The molecule has 4 aromatic rings. The predicted molar refractivity (Wildman–Crippen MR) is 139 cm³/mol. The van der Waals surface area contributed by atoms with Gasteiger partial charge in [-0.25, -0.2) is 14.4 Å². The second kappa shape index (κ2) is 6.78. The highest BCUT2D eigenvalue weighted by Gasteiger charge is 2.75. The molecule has 1 aliphatic carbocycles. The van der Waals surface area contributed by atoms with Gasteiger partial charge in [0.25, 0.3) is 0 Å². The number of rotatable bonds is 1. The maximum atomic E-state index is 14.6. The third-order valence-electron chi connectivity index (χ3n) is 8.74. The third kappa shape index (κ3) is 2.31. The molecular weight excluding hydrogens is 468 g/mol. The summed E-state index contributed by atoms with van der Waals surface area (Å²) in [7, 11) is 5.16. The standard InChI is InChI=1S/C27H26N8O2/c1-33-22(36)26(32-24(33)28)12-16-14-8-5-7-11-19(14)31-21(16)27(23(37)34(2)25(29)35(27)3)20(26)17-13-30-18-10-6-4-9-15(17)18/h4-11,13,20,29-31H,12H2,1-3H3,(H2,28,32)/p+2/t20-,26-,27+/m1/s1. The van der Waals surface area contributed by atoms with Crippen LogP contribution in [-0.2, 0) is 21.5 Å². The SMILES string of the molecule is CN1C(=O)[C@]2(Cc3c([nH]c4ccccc34)[C@]3(C(=O)N(C)C(N)=[N+]3C)[C@@H]2c2c[nH]c3ccccc23)[NH+]=C1N. The van der Waals surface area contributed by atoms with E-state index in [2.05, 4.69) is 15.0 Å². The number of fused-ring (bicyclic) bond motifs is 5. The largest absolute Gasteiger partial charge is 0.361 e. The predicted octanol–water partition coefficient (Wildman–Crippen LogP) is -0.780. The summed E-state index contributed by atoms with van der Waals surface area (Å²) >= 11 is 0. The van der Waals surface area contributed by atoms with E-state index in [1.807, 2.05) is 66.4 Å². The minimum Gasteiger partial charge on any atom is -0.361 e. The first-order valence-electron chi connectivity index (χ1n) is 12.2. The van der Waals surface area contributed by atoms with E-state index < -0.39 is 17.0 Å². The monoisotopic (exact) mass is 496 g/mol. The lowest BCUT2D eigenvalue weighted by molar-refractivity contribution is -0.608. The third-order valence-corrected chi connectivity index (χ3v) is 8.74. The molecule has 7 rings (SSSR count). The van der Waals surface area contributed by atoms with Crippen molar-refractivity contribution in [1.82, 2.24) is 19.8 Å². The molecule has 37 heavy (non-hydrogen) atoms. The van der Waals surface area contributed by atoms with Gasteiger partial charge in [0.15, 0.2) is 5.54 Å². The minimum atomic E-state index is -1.34. The Labute approximate surface area is 212 Å². The number of hydrogen-bond acceptors (Lipinski definition) is 4. The van der Waals surface area contributed by atoms with Crippen LogP contribution in [0.5, 0.6) is 0 Å². The fourth-order valence-electron chi connectivity index (χ4n) is 7.00. The number of benzene rings is 2.